The number of pyridine rings is 1. The van der Waals surface area contributed by atoms with E-state index in [1.54, 1.807) is 0 Å². The lowest BCUT2D eigenvalue weighted by Gasteiger charge is -2.37. The number of anilines is 1. The van der Waals surface area contributed by atoms with Crippen LogP contribution in [0.25, 0.3) is 11.3 Å². The van der Waals surface area contributed by atoms with Gasteiger partial charge in [0, 0.05) is 61.2 Å². The first kappa shape index (κ1) is 32.4. The second kappa shape index (κ2) is 13.7. The van der Waals surface area contributed by atoms with Gasteiger partial charge in [0.15, 0.2) is 0 Å². The van der Waals surface area contributed by atoms with Gasteiger partial charge < -0.3 is 26.5 Å². The fourth-order valence-corrected chi connectivity index (χ4v) is 5.26. The van der Waals surface area contributed by atoms with Gasteiger partial charge in [-0.1, -0.05) is 6.07 Å². The summed E-state index contributed by atoms with van der Waals surface area (Å²) in [5, 5.41) is 7.25. The van der Waals surface area contributed by atoms with Gasteiger partial charge in [-0.05, 0) is 63.3 Å². The predicted octanol–water partition coefficient (Wildman–Crippen LogP) is 5.83. The van der Waals surface area contributed by atoms with Crippen LogP contribution in [-0.4, -0.2) is 59.3 Å². The Morgan fingerprint density at radius 2 is 1.88 bits per heavy atom. The molecule has 2 aliphatic rings. The Bertz CT molecular complexity index is 1200. The van der Waals surface area contributed by atoms with Gasteiger partial charge in [0.2, 0.25) is 5.91 Å². The Morgan fingerprint density at radius 1 is 1.20 bits per heavy atom. The number of ether oxygens (including phenoxy) is 1. The number of alkyl halides is 5. The van der Waals surface area contributed by atoms with Crippen LogP contribution < -0.4 is 11.5 Å². The van der Waals surface area contributed by atoms with E-state index in [4.69, 9.17) is 21.6 Å². The maximum absolute atomic E-state index is 13.4. The van der Waals surface area contributed by atoms with E-state index in [2.05, 4.69) is 23.7 Å². The van der Waals surface area contributed by atoms with Crippen LogP contribution in [-0.2, 0) is 22.1 Å². The van der Waals surface area contributed by atoms with Gasteiger partial charge in [-0.15, -0.1) is 0 Å². The molecule has 1 amide bonds. The Balaban J connectivity index is 0.000000232. The number of primary amides is 1. The Hall–Kier alpha value is -3.12. The Morgan fingerprint density at radius 3 is 2.44 bits per heavy atom. The van der Waals surface area contributed by atoms with Crippen molar-refractivity contribution >= 4 is 17.8 Å². The molecule has 0 spiro atoms. The lowest BCUT2D eigenvalue weighted by atomic mass is 9.93. The van der Waals surface area contributed by atoms with Gasteiger partial charge in [0.05, 0.1) is 29.9 Å². The number of hydrogen-bond donors (Lipinski definition) is 3. The summed E-state index contributed by atoms with van der Waals surface area (Å²) in [6.07, 6.45) is 0.197. The molecule has 1 unspecified atom stereocenters. The molecular formula is C29H38F5N5O2. The number of aromatic nitrogens is 1. The summed E-state index contributed by atoms with van der Waals surface area (Å²) in [6, 6.07) is 5.82. The van der Waals surface area contributed by atoms with Crippen molar-refractivity contribution in [3.05, 3.63) is 47.2 Å². The van der Waals surface area contributed by atoms with Crippen LogP contribution in [0.3, 0.4) is 0 Å². The molecule has 1 saturated heterocycles. The van der Waals surface area contributed by atoms with Crippen LogP contribution >= 0.6 is 0 Å². The molecule has 4 rings (SSSR count). The van der Waals surface area contributed by atoms with E-state index in [0.717, 1.165) is 44.6 Å². The van der Waals surface area contributed by atoms with Crippen molar-refractivity contribution in [2.24, 2.45) is 5.73 Å². The van der Waals surface area contributed by atoms with Gasteiger partial charge >= 0.3 is 6.18 Å². The smallest absolute Gasteiger partial charge is 0.398 e. The minimum Gasteiger partial charge on any atom is -0.398 e. The quantitative estimate of drug-likeness (QED) is 0.215. The van der Waals surface area contributed by atoms with E-state index in [0.29, 0.717) is 12.5 Å². The van der Waals surface area contributed by atoms with Crippen molar-refractivity contribution < 1.29 is 31.5 Å². The molecule has 1 aliphatic heterocycles. The Labute approximate surface area is 236 Å². The molecule has 0 bridgehead atoms. The number of nitrogens with one attached hydrogen (secondary N) is 1. The van der Waals surface area contributed by atoms with Crippen molar-refractivity contribution in [1.29, 1.82) is 5.41 Å². The van der Waals surface area contributed by atoms with Gasteiger partial charge in [-0.3, -0.25) is 9.78 Å². The third kappa shape index (κ3) is 9.19. The minimum absolute atomic E-state index is 0.0403. The van der Waals surface area contributed by atoms with E-state index in [-0.39, 0.29) is 53.1 Å². The highest BCUT2D eigenvalue weighted by atomic mass is 19.4. The van der Waals surface area contributed by atoms with Crippen molar-refractivity contribution in [2.45, 2.75) is 89.1 Å². The largest absolute Gasteiger partial charge is 0.418 e. The summed E-state index contributed by atoms with van der Waals surface area (Å²) >= 11 is 0. The highest BCUT2D eigenvalue weighted by Gasteiger charge is 2.39. The molecule has 2 aromatic rings. The first-order valence-corrected chi connectivity index (χ1v) is 13.7. The molecule has 0 radical (unpaired) electrons. The normalized spacial score (nSPS) is 19.9. The maximum atomic E-state index is 13.4. The molecule has 1 aromatic heterocycles. The van der Waals surface area contributed by atoms with Crippen molar-refractivity contribution in [1.82, 2.24) is 9.88 Å². The summed E-state index contributed by atoms with van der Waals surface area (Å²) in [7, 11) is 0. The molecular weight excluding hydrogens is 545 g/mol. The topological polar surface area (TPSA) is 118 Å². The van der Waals surface area contributed by atoms with E-state index in [1.807, 2.05) is 0 Å². The van der Waals surface area contributed by atoms with Crippen molar-refractivity contribution in [3.8, 4) is 11.3 Å². The van der Waals surface area contributed by atoms with Gasteiger partial charge in [0.1, 0.15) is 0 Å². The highest BCUT2D eigenvalue weighted by molar-refractivity contribution is 5.88. The number of benzene rings is 1. The average molecular weight is 584 g/mol. The fraction of sp³-hybridized carbons (Fsp3) is 0.552. The number of carbonyl (C=O) groups is 1. The molecule has 2 fully saturated rings. The lowest BCUT2D eigenvalue weighted by Crippen LogP contribution is -2.43. The molecule has 12 heteroatoms. The average Bonchev–Trinajstić information content (AvgIpc) is 2.88. The number of piperidine rings is 1. The molecule has 1 atom stereocenters. The third-order valence-electron chi connectivity index (χ3n) is 7.39. The first-order chi connectivity index (χ1) is 19.2. The number of nitrogens with two attached hydrogens (primary N) is 2. The fourth-order valence-electron chi connectivity index (χ4n) is 5.26. The minimum atomic E-state index is -4.71. The Kier molecular flexibility index (Phi) is 10.8. The van der Waals surface area contributed by atoms with Gasteiger partial charge in [0.25, 0.3) is 5.92 Å². The number of nitrogen functional groups attached to an aromatic ring is 1. The van der Waals surface area contributed by atoms with E-state index in [1.165, 1.54) is 24.4 Å². The second-order valence-electron chi connectivity index (χ2n) is 10.9. The third-order valence-corrected chi connectivity index (χ3v) is 7.39. The summed E-state index contributed by atoms with van der Waals surface area (Å²) < 4.78 is 72.8. The zero-order valence-corrected chi connectivity index (χ0v) is 23.3. The van der Waals surface area contributed by atoms with Crippen molar-refractivity contribution in [3.63, 3.8) is 0 Å². The first-order valence-electron chi connectivity index (χ1n) is 13.7. The molecule has 5 N–H and O–H groups in total. The van der Waals surface area contributed by atoms with E-state index < -0.39 is 30.0 Å². The van der Waals surface area contributed by atoms with Crippen LogP contribution in [0.15, 0.2) is 30.5 Å². The number of amides is 1. The number of nitrogens with zero attached hydrogens (tertiary/aromatic N) is 2. The van der Waals surface area contributed by atoms with Gasteiger partial charge in [-0.2, -0.15) is 13.2 Å². The summed E-state index contributed by atoms with van der Waals surface area (Å²) in [5.74, 6) is -3.37. The molecule has 2 heterocycles. The molecule has 7 nitrogen and oxygen atoms in total. The van der Waals surface area contributed by atoms with E-state index >= 15 is 0 Å². The SMILES string of the molecule is CC(C)N1CCC(OC2CCCC(F)(F)C2)CC1.N=Cc1cc(-c2nccc(CC(N)=O)c2C(F)(F)F)ccc1N. The summed E-state index contributed by atoms with van der Waals surface area (Å²) in [4.78, 5) is 17.3. The number of carbonyl (C=O) groups excluding carboxylic acids is 1. The van der Waals surface area contributed by atoms with Crippen LogP contribution in [0, 0.1) is 5.41 Å². The molecule has 1 aromatic carbocycles. The summed E-state index contributed by atoms with van der Waals surface area (Å²) in [6.45, 7) is 6.46. The van der Waals surface area contributed by atoms with Crippen LogP contribution in [0.1, 0.15) is 69.1 Å². The van der Waals surface area contributed by atoms with E-state index in [9.17, 15) is 26.7 Å². The zero-order chi connectivity index (χ0) is 30.4. The van der Waals surface area contributed by atoms with Crippen LogP contribution in [0.5, 0.6) is 0 Å². The lowest BCUT2D eigenvalue weighted by molar-refractivity contribution is -0.138. The standard InChI is InChI=1S/C15H13F3N4O.C14H25F2NO/c16-15(17,18)13-8(6-12(21)23)3-4-22-14(13)9-1-2-11(20)10(5-9)7-19;1-11(2)17-8-5-12(6-9-17)18-13-4-3-7-14(15,16)10-13/h1-5,7,19H,6,20H2,(H2,21,23);11-13H,3-10H2,1-2H3. The number of rotatable bonds is 7. The highest BCUT2D eigenvalue weighted by Crippen LogP contribution is 2.39. The summed E-state index contributed by atoms with van der Waals surface area (Å²) in [5.41, 5.74) is 9.76. The molecule has 1 aliphatic carbocycles. The second-order valence-corrected chi connectivity index (χ2v) is 10.9. The number of likely N-dealkylation sites (tertiary alicyclic amines) is 1. The monoisotopic (exact) mass is 583 g/mol. The van der Waals surface area contributed by atoms with Crippen molar-refractivity contribution in [2.75, 3.05) is 18.8 Å². The molecule has 41 heavy (non-hydrogen) atoms. The maximum Gasteiger partial charge on any atom is 0.418 e. The number of halogens is 5. The molecule has 226 valence electrons. The number of hydrogen-bond acceptors (Lipinski definition) is 6. The van der Waals surface area contributed by atoms with Crippen LogP contribution in [0.2, 0.25) is 0 Å². The predicted molar refractivity (Wildman–Crippen MR) is 148 cm³/mol. The molecule has 1 saturated carbocycles. The zero-order valence-electron chi connectivity index (χ0n) is 23.3. The van der Waals surface area contributed by atoms with Gasteiger partial charge in [-0.25, -0.2) is 8.78 Å². The van der Waals surface area contributed by atoms with Crippen LogP contribution in [0.4, 0.5) is 27.6 Å².